The molecular weight excluding hydrogens is 254 g/mol. The van der Waals surface area contributed by atoms with E-state index in [2.05, 4.69) is 11.9 Å². The molecule has 0 atom stereocenters. The number of ether oxygens (including phenoxy) is 1. The van der Waals surface area contributed by atoms with Gasteiger partial charge in [0.15, 0.2) is 11.6 Å². The minimum absolute atomic E-state index is 0.196. The van der Waals surface area contributed by atoms with Gasteiger partial charge in [0.2, 0.25) is 0 Å². The molecule has 0 aromatic heterocycles. The highest BCUT2D eigenvalue weighted by atomic mass is 16.6. The molecule has 1 aliphatic heterocycles. The number of nitrogens with zero attached hydrogens (tertiary/aromatic N) is 1. The summed E-state index contributed by atoms with van der Waals surface area (Å²) in [5.74, 6) is 0.306. The van der Waals surface area contributed by atoms with Crippen LogP contribution in [0.1, 0.15) is 44.6 Å². The third-order valence-electron chi connectivity index (χ3n) is 3.11. The molecule has 0 unspecified atom stereocenters. The Labute approximate surface area is 118 Å². The van der Waals surface area contributed by atoms with Crippen LogP contribution in [0.4, 0.5) is 0 Å². The smallest absolute Gasteiger partial charge is 0.363 e. The summed E-state index contributed by atoms with van der Waals surface area (Å²) in [5, 5.41) is 9.21. The van der Waals surface area contributed by atoms with E-state index in [1.54, 1.807) is 30.3 Å². The van der Waals surface area contributed by atoms with Crippen molar-refractivity contribution in [3.8, 4) is 5.75 Å². The molecule has 1 aliphatic rings. The molecular formula is C16H19NO3. The lowest BCUT2D eigenvalue weighted by Gasteiger charge is -1.98. The summed E-state index contributed by atoms with van der Waals surface area (Å²) in [6, 6.07) is 6.60. The van der Waals surface area contributed by atoms with Crippen LogP contribution in [0.2, 0.25) is 0 Å². The topological polar surface area (TPSA) is 58.9 Å². The monoisotopic (exact) mass is 273 g/mol. The second-order valence-electron chi connectivity index (χ2n) is 4.83. The lowest BCUT2D eigenvalue weighted by Crippen LogP contribution is -2.03. The van der Waals surface area contributed by atoms with Crippen LogP contribution in [0.3, 0.4) is 0 Å². The van der Waals surface area contributed by atoms with Crippen molar-refractivity contribution in [1.29, 1.82) is 0 Å². The van der Waals surface area contributed by atoms with Crippen LogP contribution < -0.4 is 0 Å². The molecule has 20 heavy (non-hydrogen) atoms. The fraction of sp³-hybridized carbons (Fsp3) is 0.375. The standard InChI is InChI=1S/C16H19NO3/c1-2-3-4-5-6-15-17-14(16(19)20-15)11-12-7-9-13(18)10-8-12/h7-11,18H,2-6H2,1H3/b14-11-. The Hall–Kier alpha value is -2.10. The summed E-state index contributed by atoms with van der Waals surface area (Å²) in [4.78, 5) is 15.9. The predicted octanol–water partition coefficient (Wildman–Crippen LogP) is 3.66. The molecule has 1 N–H and O–H groups in total. The number of carbonyl (C=O) groups is 1. The van der Waals surface area contributed by atoms with Crippen LogP contribution >= 0.6 is 0 Å². The predicted molar refractivity (Wildman–Crippen MR) is 78.4 cm³/mol. The second-order valence-corrected chi connectivity index (χ2v) is 4.83. The highest BCUT2D eigenvalue weighted by Gasteiger charge is 2.22. The summed E-state index contributed by atoms with van der Waals surface area (Å²) in [6.45, 7) is 2.16. The molecule has 0 spiro atoms. The summed E-state index contributed by atoms with van der Waals surface area (Å²) in [7, 11) is 0. The largest absolute Gasteiger partial charge is 0.508 e. The van der Waals surface area contributed by atoms with E-state index in [4.69, 9.17) is 4.74 Å². The molecule has 0 radical (unpaired) electrons. The number of aliphatic imine (C=N–C) groups is 1. The van der Waals surface area contributed by atoms with Gasteiger partial charge < -0.3 is 9.84 Å². The fourth-order valence-electron chi connectivity index (χ4n) is 1.99. The van der Waals surface area contributed by atoms with Gasteiger partial charge in [-0.25, -0.2) is 9.79 Å². The van der Waals surface area contributed by atoms with Gasteiger partial charge in [-0.1, -0.05) is 38.3 Å². The van der Waals surface area contributed by atoms with Gasteiger partial charge in [0.05, 0.1) is 0 Å². The Bertz CT molecular complexity index is 529. The van der Waals surface area contributed by atoms with Crippen molar-refractivity contribution < 1.29 is 14.6 Å². The van der Waals surface area contributed by atoms with Crippen LogP contribution in [-0.2, 0) is 9.53 Å². The molecule has 0 fully saturated rings. The van der Waals surface area contributed by atoms with E-state index in [9.17, 15) is 9.90 Å². The SMILES string of the molecule is CCCCCCC1=N/C(=C\c2ccc(O)cc2)C(=O)O1. The molecule has 0 saturated carbocycles. The molecule has 4 heteroatoms. The number of hydrogen-bond acceptors (Lipinski definition) is 4. The van der Waals surface area contributed by atoms with E-state index in [1.165, 1.54) is 12.8 Å². The number of carbonyl (C=O) groups excluding carboxylic acids is 1. The zero-order valence-corrected chi connectivity index (χ0v) is 11.6. The van der Waals surface area contributed by atoms with Crippen molar-refractivity contribution in [2.75, 3.05) is 0 Å². The van der Waals surface area contributed by atoms with Gasteiger partial charge in [-0.15, -0.1) is 0 Å². The van der Waals surface area contributed by atoms with Gasteiger partial charge in [0, 0.05) is 6.42 Å². The Balaban J connectivity index is 1.99. The van der Waals surface area contributed by atoms with Gasteiger partial charge in [-0.3, -0.25) is 0 Å². The van der Waals surface area contributed by atoms with Crippen LogP contribution in [0, 0.1) is 0 Å². The lowest BCUT2D eigenvalue weighted by atomic mass is 10.1. The maximum Gasteiger partial charge on any atom is 0.363 e. The molecule has 0 aliphatic carbocycles. The third-order valence-corrected chi connectivity index (χ3v) is 3.11. The van der Waals surface area contributed by atoms with Crippen molar-refractivity contribution in [3.63, 3.8) is 0 Å². The molecule has 1 heterocycles. The van der Waals surface area contributed by atoms with Gasteiger partial charge in [0.1, 0.15) is 5.75 Å². The van der Waals surface area contributed by atoms with Crippen LogP contribution in [-0.4, -0.2) is 17.0 Å². The summed E-state index contributed by atoms with van der Waals surface area (Å²) in [5.41, 5.74) is 1.13. The number of phenols is 1. The zero-order chi connectivity index (χ0) is 14.4. The van der Waals surface area contributed by atoms with E-state index in [0.717, 1.165) is 18.4 Å². The number of esters is 1. The normalized spacial score (nSPS) is 16.4. The number of rotatable bonds is 6. The number of unbranched alkanes of at least 4 members (excludes halogenated alkanes) is 3. The van der Waals surface area contributed by atoms with Gasteiger partial charge in [0.25, 0.3) is 0 Å². The Morgan fingerprint density at radius 1 is 1.20 bits per heavy atom. The minimum atomic E-state index is -0.399. The van der Waals surface area contributed by atoms with Crippen molar-refractivity contribution in [2.45, 2.75) is 39.0 Å². The Morgan fingerprint density at radius 2 is 1.95 bits per heavy atom. The number of benzene rings is 1. The Morgan fingerprint density at radius 3 is 2.65 bits per heavy atom. The van der Waals surface area contributed by atoms with E-state index in [-0.39, 0.29) is 5.75 Å². The van der Waals surface area contributed by atoms with Crippen molar-refractivity contribution in [2.24, 2.45) is 4.99 Å². The first-order chi connectivity index (χ1) is 9.69. The second kappa shape index (κ2) is 6.89. The van der Waals surface area contributed by atoms with Gasteiger partial charge >= 0.3 is 5.97 Å². The van der Waals surface area contributed by atoms with Crippen LogP contribution in [0.15, 0.2) is 35.0 Å². The first-order valence-electron chi connectivity index (χ1n) is 6.99. The minimum Gasteiger partial charge on any atom is -0.508 e. The quantitative estimate of drug-likeness (QED) is 0.489. The first kappa shape index (κ1) is 14.3. The molecule has 0 amide bonds. The summed E-state index contributed by atoms with van der Waals surface area (Å²) < 4.78 is 5.14. The average molecular weight is 273 g/mol. The van der Waals surface area contributed by atoms with Crippen molar-refractivity contribution >= 4 is 17.9 Å². The van der Waals surface area contributed by atoms with E-state index in [0.29, 0.717) is 18.0 Å². The first-order valence-corrected chi connectivity index (χ1v) is 6.99. The third kappa shape index (κ3) is 3.95. The van der Waals surface area contributed by atoms with E-state index < -0.39 is 5.97 Å². The van der Waals surface area contributed by atoms with E-state index >= 15 is 0 Å². The maximum absolute atomic E-state index is 11.7. The molecule has 2 rings (SSSR count). The number of phenolic OH excluding ortho intramolecular Hbond substituents is 1. The molecule has 4 nitrogen and oxygen atoms in total. The molecule has 1 aromatic rings. The molecule has 0 bridgehead atoms. The molecule has 1 aromatic carbocycles. The number of cyclic esters (lactones) is 1. The fourth-order valence-corrected chi connectivity index (χ4v) is 1.99. The van der Waals surface area contributed by atoms with Crippen LogP contribution in [0.5, 0.6) is 5.75 Å². The highest BCUT2D eigenvalue weighted by molar-refractivity contribution is 6.07. The van der Waals surface area contributed by atoms with Crippen molar-refractivity contribution in [1.82, 2.24) is 0 Å². The zero-order valence-electron chi connectivity index (χ0n) is 11.6. The van der Waals surface area contributed by atoms with Gasteiger partial charge in [-0.05, 0) is 30.2 Å². The lowest BCUT2D eigenvalue weighted by molar-refractivity contribution is -0.130. The maximum atomic E-state index is 11.7. The summed E-state index contributed by atoms with van der Waals surface area (Å²) >= 11 is 0. The Kier molecular flexibility index (Phi) is 4.93. The average Bonchev–Trinajstić information content (AvgIpc) is 2.78. The van der Waals surface area contributed by atoms with Gasteiger partial charge in [-0.2, -0.15) is 0 Å². The van der Waals surface area contributed by atoms with E-state index in [1.807, 2.05) is 0 Å². The van der Waals surface area contributed by atoms with Crippen LogP contribution in [0.25, 0.3) is 6.08 Å². The van der Waals surface area contributed by atoms with Crippen molar-refractivity contribution in [3.05, 3.63) is 35.5 Å². The number of aromatic hydroxyl groups is 1. The highest BCUT2D eigenvalue weighted by Crippen LogP contribution is 2.19. The molecule has 106 valence electrons. The molecule has 0 saturated heterocycles. The summed E-state index contributed by atoms with van der Waals surface area (Å²) in [6.07, 6.45) is 6.87. The number of hydrogen-bond donors (Lipinski definition) is 1.